The number of hydrogen-bond donors (Lipinski definition) is 1. The van der Waals surface area contributed by atoms with E-state index in [4.69, 9.17) is 10.5 Å². The summed E-state index contributed by atoms with van der Waals surface area (Å²) in [4.78, 5) is 8.57. The standard InChI is InChI=1S/C12H19N3O/c1-4-6-8-16-12-9(3)11(13)14-10(15-12)7-5-2/h4,6H,5,7-8H2,1-3H3,(H2,13,14,15)/b6-4+. The molecule has 0 fully saturated rings. The molecule has 0 atom stereocenters. The van der Waals surface area contributed by atoms with Gasteiger partial charge in [-0.25, -0.2) is 4.98 Å². The molecule has 1 heterocycles. The normalized spacial score (nSPS) is 10.9. The second kappa shape index (κ2) is 6.10. The van der Waals surface area contributed by atoms with Gasteiger partial charge in [0.15, 0.2) is 0 Å². The van der Waals surface area contributed by atoms with Crippen molar-refractivity contribution in [3.8, 4) is 5.88 Å². The molecule has 1 aromatic rings. The maximum absolute atomic E-state index is 5.81. The minimum absolute atomic E-state index is 0.508. The van der Waals surface area contributed by atoms with Crippen LogP contribution in [0.15, 0.2) is 12.2 Å². The lowest BCUT2D eigenvalue weighted by atomic mass is 10.3. The van der Waals surface area contributed by atoms with Crippen LogP contribution in [-0.2, 0) is 6.42 Å². The summed E-state index contributed by atoms with van der Waals surface area (Å²) in [6, 6.07) is 0. The molecule has 4 nitrogen and oxygen atoms in total. The number of ether oxygens (including phenoxy) is 1. The van der Waals surface area contributed by atoms with Gasteiger partial charge in [0.2, 0.25) is 5.88 Å². The largest absolute Gasteiger partial charge is 0.473 e. The van der Waals surface area contributed by atoms with Gasteiger partial charge < -0.3 is 10.5 Å². The summed E-state index contributed by atoms with van der Waals surface area (Å²) >= 11 is 0. The van der Waals surface area contributed by atoms with E-state index in [-0.39, 0.29) is 0 Å². The van der Waals surface area contributed by atoms with Crippen LogP contribution in [0.25, 0.3) is 0 Å². The Balaban J connectivity index is 2.87. The lowest BCUT2D eigenvalue weighted by Gasteiger charge is -2.09. The van der Waals surface area contributed by atoms with E-state index in [1.165, 1.54) is 0 Å². The molecule has 4 heteroatoms. The van der Waals surface area contributed by atoms with Crippen molar-refractivity contribution in [3.05, 3.63) is 23.5 Å². The fourth-order valence-corrected chi connectivity index (χ4v) is 1.26. The van der Waals surface area contributed by atoms with Crippen molar-refractivity contribution in [2.45, 2.75) is 33.6 Å². The van der Waals surface area contributed by atoms with Crippen molar-refractivity contribution in [1.29, 1.82) is 0 Å². The maximum Gasteiger partial charge on any atom is 0.222 e. The molecule has 16 heavy (non-hydrogen) atoms. The average molecular weight is 221 g/mol. The van der Waals surface area contributed by atoms with E-state index < -0.39 is 0 Å². The number of allylic oxidation sites excluding steroid dienone is 1. The zero-order valence-electron chi connectivity index (χ0n) is 10.2. The third kappa shape index (κ3) is 3.22. The van der Waals surface area contributed by atoms with E-state index in [2.05, 4.69) is 16.9 Å². The van der Waals surface area contributed by atoms with Crippen molar-refractivity contribution >= 4 is 5.82 Å². The predicted octanol–water partition coefficient (Wildman–Crippen LogP) is 2.27. The number of nitrogen functional groups attached to an aromatic ring is 1. The fraction of sp³-hybridized carbons (Fsp3) is 0.500. The summed E-state index contributed by atoms with van der Waals surface area (Å²) in [7, 11) is 0. The number of hydrogen-bond acceptors (Lipinski definition) is 4. The van der Waals surface area contributed by atoms with Gasteiger partial charge in [0.1, 0.15) is 18.2 Å². The SMILES string of the molecule is C/C=C/COc1nc(CCC)nc(N)c1C. The van der Waals surface area contributed by atoms with E-state index >= 15 is 0 Å². The zero-order chi connectivity index (χ0) is 12.0. The quantitative estimate of drug-likeness (QED) is 0.775. The Kier molecular flexibility index (Phi) is 4.76. The average Bonchev–Trinajstić information content (AvgIpc) is 2.25. The number of nitrogens with zero attached hydrogens (tertiary/aromatic N) is 2. The van der Waals surface area contributed by atoms with Crippen LogP contribution in [0, 0.1) is 6.92 Å². The molecule has 0 aromatic carbocycles. The Morgan fingerprint density at radius 3 is 2.75 bits per heavy atom. The maximum atomic E-state index is 5.81. The molecule has 2 N–H and O–H groups in total. The number of aromatic nitrogens is 2. The molecular formula is C12H19N3O. The van der Waals surface area contributed by atoms with E-state index in [9.17, 15) is 0 Å². The Morgan fingerprint density at radius 2 is 2.12 bits per heavy atom. The summed E-state index contributed by atoms with van der Waals surface area (Å²) in [6.45, 7) is 6.42. The van der Waals surface area contributed by atoms with Crippen molar-refractivity contribution < 1.29 is 4.74 Å². The van der Waals surface area contributed by atoms with Crippen LogP contribution in [0.2, 0.25) is 0 Å². The van der Waals surface area contributed by atoms with Crippen molar-refractivity contribution in [1.82, 2.24) is 9.97 Å². The molecule has 0 saturated carbocycles. The number of rotatable bonds is 5. The van der Waals surface area contributed by atoms with Crippen LogP contribution in [0.3, 0.4) is 0 Å². The van der Waals surface area contributed by atoms with E-state index in [1.807, 2.05) is 26.0 Å². The first kappa shape index (κ1) is 12.5. The van der Waals surface area contributed by atoms with Crippen molar-refractivity contribution in [3.63, 3.8) is 0 Å². The molecule has 0 bridgehead atoms. The molecule has 1 rings (SSSR count). The molecular weight excluding hydrogens is 202 g/mol. The monoisotopic (exact) mass is 221 g/mol. The summed E-state index contributed by atoms with van der Waals surface area (Å²) in [5.74, 6) is 1.85. The molecule has 0 saturated heterocycles. The van der Waals surface area contributed by atoms with Gasteiger partial charge in [-0.15, -0.1) is 0 Å². The molecule has 0 spiro atoms. The molecule has 0 aliphatic heterocycles. The molecule has 88 valence electrons. The van der Waals surface area contributed by atoms with Crippen LogP contribution in [0.4, 0.5) is 5.82 Å². The third-order valence-corrected chi connectivity index (χ3v) is 2.21. The molecule has 0 radical (unpaired) electrons. The van der Waals surface area contributed by atoms with Gasteiger partial charge in [-0.1, -0.05) is 19.1 Å². The van der Waals surface area contributed by atoms with Crippen LogP contribution < -0.4 is 10.5 Å². The number of aryl methyl sites for hydroxylation is 1. The summed E-state index contributed by atoms with van der Waals surface area (Å²) in [5.41, 5.74) is 6.62. The van der Waals surface area contributed by atoms with Gasteiger partial charge in [-0.05, 0) is 20.3 Å². The van der Waals surface area contributed by atoms with Gasteiger partial charge in [0.25, 0.3) is 0 Å². The fourth-order valence-electron chi connectivity index (χ4n) is 1.26. The zero-order valence-corrected chi connectivity index (χ0v) is 10.2. The third-order valence-electron chi connectivity index (χ3n) is 2.21. The van der Waals surface area contributed by atoms with E-state index in [0.29, 0.717) is 18.3 Å². The summed E-state index contributed by atoms with van der Waals surface area (Å²) in [6.07, 6.45) is 5.69. The van der Waals surface area contributed by atoms with Gasteiger partial charge in [-0.3, -0.25) is 0 Å². The number of anilines is 1. The second-order valence-electron chi connectivity index (χ2n) is 3.59. The molecule has 0 aliphatic carbocycles. The van der Waals surface area contributed by atoms with E-state index in [1.54, 1.807) is 0 Å². The van der Waals surface area contributed by atoms with Crippen LogP contribution in [0.5, 0.6) is 5.88 Å². The smallest absolute Gasteiger partial charge is 0.222 e. The highest BCUT2D eigenvalue weighted by atomic mass is 16.5. The highest BCUT2D eigenvalue weighted by molar-refractivity contribution is 5.44. The molecule has 0 amide bonds. The van der Waals surface area contributed by atoms with Crippen LogP contribution >= 0.6 is 0 Å². The van der Waals surface area contributed by atoms with E-state index in [0.717, 1.165) is 24.2 Å². The van der Waals surface area contributed by atoms with Gasteiger partial charge in [0, 0.05) is 6.42 Å². The Labute approximate surface area is 96.6 Å². The Hall–Kier alpha value is -1.58. The van der Waals surface area contributed by atoms with Gasteiger partial charge >= 0.3 is 0 Å². The summed E-state index contributed by atoms with van der Waals surface area (Å²) in [5, 5.41) is 0. The molecule has 0 unspecified atom stereocenters. The van der Waals surface area contributed by atoms with Crippen molar-refractivity contribution in [2.75, 3.05) is 12.3 Å². The minimum Gasteiger partial charge on any atom is -0.473 e. The first-order valence-corrected chi connectivity index (χ1v) is 5.56. The lowest BCUT2D eigenvalue weighted by molar-refractivity contribution is 0.343. The van der Waals surface area contributed by atoms with Crippen LogP contribution in [-0.4, -0.2) is 16.6 Å². The first-order chi connectivity index (χ1) is 7.69. The summed E-state index contributed by atoms with van der Waals surface area (Å²) < 4.78 is 5.53. The van der Waals surface area contributed by atoms with Gasteiger partial charge in [-0.2, -0.15) is 4.98 Å². The first-order valence-electron chi connectivity index (χ1n) is 5.56. The van der Waals surface area contributed by atoms with Gasteiger partial charge in [0.05, 0.1) is 5.56 Å². The number of nitrogens with two attached hydrogens (primary N) is 1. The second-order valence-corrected chi connectivity index (χ2v) is 3.59. The van der Waals surface area contributed by atoms with Crippen molar-refractivity contribution in [2.24, 2.45) is 0 Å². The molecule has 1 aromatic heterocycles. The lowest BCUT2D eigenvalue weighted by Crippen LogP contribution is -2.07. The Bertz CT molecular complexity index is 375. The highest BCUT2D eigenvalue weighted by Gasteiger charge is 2.08. The topological polar surface area (TPSA) is 61.0 Å². The molecule has 0 aliphatic rings. The highest BCUT2D eigenvalue weighted by Crippen LogP contribution is 2.19. The Morgan fingerprint density at radius 1 is 1.38 bits per heavy atom. The van der Waals surface area contributed by atoms with Crippen LogP contribution in [0.1, 0.15) is 31.7 Å². The minimum atomic E-state index is 0.508. The predicted molar refractivity (Wildman–Crippen MR) is 65.5 cm³/mol.